The minimum atomic E-state index is 0.319. The molecule has 4 nitrogen and oxygen atoms in total. The minimum absolute atomic E-state index is 0.319. The highest BCUT2D eigenvalue weighted by atomic mass is 16.5. The average Bonchev–Trinajstić information content (AvgIpc) is 3.21. The zero-order chi connectivity index (χ0) is 13.4. The van der Waals surface area contributed by atoms with E-state index < -0.39 is 0 Å². The largest absolute Gasteiger partial charge is 0.497 e. The standard InChI is InChI=1S/C15H21N3O/c1-4-12(16-2)15-17-13-9-11(19-3)7-8-14(13)18(15)10-5-6-10/h7-10,12,16H,4-6H2,1-3H3. The van der Waals surface area contributed by atoms with Gasteiger partial charge in [-0.1, -0.05) is 6.92 Å². The van der Waals surface area contributed by atoms with Crippen LogP contribution in [0.4, 0.5) is 0 Å². The number of nitrogens with one attached hydrogen (secondary N) is 1. The van der Waals surface area contributed by atoms with Crippen molar-refractivity contribution in [3.05, 3.63) is 24.0 Å². The summed E-state index contributed by atoms with van der Waals surface area (Å²) < 4.78 is 7.71. The lowest BCUT2D eigenvalue weighted by atomic mass is 10.2. The van der Waals surface area contributed by atoms with Crippen LogP contribution in [0.5, 0.6) is 5.75 Å². The fourth-order valence-corrected chi connectivity index (χ4v) is 2.70. The number of benzene rings is 1. The Hall–Kier alpha value is -1.55. The SMILES string of the molecule is CCC(NC)c1nc2cc(OC)ccc2n1C1CC1. The van der Waals surface area contributed by atoms with Crippen LogP contribution < -0.4 is 10.1 Å². The van der Waals surface area contributed by atoms with Crippen molar-refractivity contribution in [1.29, 1.82) is 0 Å². The van der Waals surface area contributed by atoms with E-state index in [1.54, 1.807) is 7.11 Å². The second-order valence-electron chi connectivity index (χ2n) is 5.18. The second-order valence-corrected chi connectivity index (χ2v) is 5.18. The Labute approximate surface area is 113 Å². The summed E-state index contributed by atoms with van der Waals surface area (Å²) in [6, 6.07) is 7.13. The quantitative estimate of drug-likeness (QED) is 0.897. The predicted molar refractivity (Wildman–Crippen MR) is 76.6 cm³/mol. The van der Waals surface area contributed by atoms with Crippen LogP contribution in [0, 0.1) is 0 Å². The summed E-state index contributed by atoms with van der Waals surface area (Å²) in [6.07, 6.45) is 3.58. The van der Waals surface area contributed by atoms with Gasteiger partial charge in [-0.05, 0) is 38.4 Å². The molecule has 0 bridgehead atoms. The molecular weight excluding hydrogens is 238 g/mol. The molecule has 19 heavy (non-hydrogen) atoms. The van der Waals surface area contributed by atoms with Gasteiger partial charge in [-0.25, -0.2) is 4.98 Å². The molecule has 0 amide bonds. The predicted octanol–water partition coefficient (Wildman–Crippen LogP) is 3.05. The van der Waals surface area contributed by atoms with E-state index in [1.165, 1.54) is 18.4 Å². The molecule has 2 aromatic rings. The maximum atomic E-state index is 5.30. The number of fused-ring (bicyclic) bond motifs is 1. The van der Waals surface area contributed by atoms with Gasteiger partial charge in [0.15, 0.2) is 0 Å². The van der Waals surface area contributed by atoms with E-state index >= 15 is 0 Å². The van der Waals surface area contributed by atoms with Gasteiger partial charge >= 0.3 is 0 Å². The third-order valence-corrected chi connectivity index (χ3v) is 3.90. The molecule has 1 fully saturated rings. The van der Waals surface area contributed by atoms with Crippen LogP contribution in [-0.4, -0.2) is 23.7 Å². The van der Waals surface area contributed by atoms with Crippen molar-refractivity contribution in [3.8, 4) is 5.75 Å². The number of imidazole rings is 1. The van der Waals surface area contributed by atoms with E-state index in [1.807, 2.05) is 19.2 Å². The molecule has 1 aromatic heterocycles. The third kappa shape index (κ3) is 2.10. The highest BCUT2D eigenvalue weighted by molar-refractivity contribution is 5.78. The van der Waals surface area contributed by atoms with Crippen molar-refractivity contribution in [2.75, 3.05) is 14.2 Å². The zero-order valence-corrected chi connectivity index (χ0v) is 11.8. The topological polar surface area (TPSA) is 39.1 Å². The van der Waals surface area contributed by atoms with Gasteiger partial charge in [0.1, 0.15) is 11.6 Å². The van der Waals surface area contributed by atoms with Crippen molar-refractivity contribution in [2.24, 2.45) is 0 Å². The Kier molecular flexibility index (Phi) is 3.19. The number of hydrogen-bond acceptors (Lipinski definition) is 3. The molecule has 0 aliphatic heterocycles. The molecule has 1 unspecified atom stereocenters. The smallest absolute Gasteiger partial charge is 0.127 e. The molecule has 1 aliphatic carbocycles. The van der Waals surface area contributed by atoms with Gasteiger partial charge in [-0.3, -0.25) is 0 Å². The van der Waals surface area contributed by atoms with E-state index in [9.17, 15) is 0 Å². The Balaban J connectivity index is 2.16. The molecule has 1 heterocycles. The third-order valence-electron chi connectivity index (χ3n) is 3.90. The number of nitrogens with zero attached hydrogens (tertiary/aromatic N) is 2. The van der Waals surface area contributed by atoms with Gasteiger partial charge < -0.3 is 14.6 Å². The maximum Gasteiger partial charge on any atom is 0.127 e. The second kappa shape index (κ2) is 4.85. The van der Waals surface area contributed by atoms with Crippen LogP contribution in [0.25, 0.3) is 11.0 Å². The van der Waals surface area contributed by atoms with Gasteiger partial charge in [0.25, 0.3) is 0 Å². The van der Waals surface area contributed by atoms with E-state index in [0.29, 0.717) is 12.1 Å². The molecule has 0 radical (unpaired) electrons. The van der Waals surface area contributed by atoms with E-state index in [0.717, 1.165) is 23.5 Å². The normalized spacial score (nSPS) is 16.8. The van der Waals surface area contributed by atoms with Gasteiger partial charge in [0.2, 0.25) is 0 Å². The summed E-state index contributed by atoms with van der Waals surface area (Å²) in [6.45, 7) is 2.19. The van der Waals surface area contributed by atoms with Gasteiger partial charge in [-0.15, -0.1) is 0 Å². The first-order valence-electron chi connectivity index (χ1n) is 7.01. The van der Waals surface area contributed by atoms with Crippen LogP contribution in [-0.2, 0) is 0 Å². The summed E-state index contributed by atoms with van der Waals surface area (Å²) in [5.74, 6) is 2.03. The van der Waals surface area contributed by atoms with Gasteiger partial charge in [-0.2, -0.15) is 0 Å². The molecule has 1 saturated carbocycles. The Bertz CT molecular complexity index is 582. The van der Waals surface area contributed by atoms with Crippen molar-refractivity contribution in [3.63, 3.8) is 0 Å². The number of rotatable bonds is 5. The number of hydrogen-bond donors (Lipinski definition) is 1. The molecule has 0 spiro atoms. The van der Waals surface area contributed by atoms with Gasteiger partial charge in [0, 0.05) is 12.1 Å². The molecular formula is C15H21N3O. The van der Waals surface area contributed by atoms with Crippen molar-refractivity contribution >= 4 is 11.0 Å². The first-order chi connectivity index (χ1) is 9.28. The highest BCUT2D eigenvalue weighted by Crippen LogP contribution is 2.40. The Morgan fingerprint density at radius 3 is 2.84 bits per heavy atom. The van der Waals surface area contributed by atoms with Gasteiger partial charge in [0.05, 0.1) is 24.2 Å². The lowest BCUT2D eigenvalue weighted by Gasteiger charge is -2.15. The Morgan fingerprint density at radius 2 is 2.26 bits per heavy atom. The lowest BCUT2D eigenvalue weighted by molar-refractivity contribution is 0.415. The van der Waals surface area contributed by atoms with Crippen molar-refractivity contribution in [2.45, 2.75) is 38.3 Å². The van der Waals surface area contributed by atoms with Crippen LogP contribution in [0.1, 0.15) is 44.1 Å². The van der Waals surface area contributed by atoms with E-state index in [2.05, 4.69) is 22.9 Å². The first-order valence-corrected chi connectivity index (χ1v) is 7.01. The Morgan fingerprint density at radius 1 is 1.47 bits per heavy atom. The molecule has 102 valence electrons. The summed E-state index contributed by atoms with van der Waals surface area (Å²) >= 11 is 0. The number of ether oxygens (including phenoxy) is 1. The van der Waals surface area contributed by atoms with E-state index in [4.69, 9.17) is 9.72 Å². The first kappa shape index (κ1) is 12.5. The van der Waals surface area contributed by atoms with Crippen molar-refractivity contribution < 1.29 is 4.74 Å². The molecule has 1 atom stereocenters. The highest BCUT2D eigenvalue weighted by Gasteiger charge is 2.30. The average molecular weight is 259 g/mol. The number of methoxy groups -OCH3 is 1. The van der Waals surface area contributed by atoms with Crippen LogP contribution in [0.15, 0.2) is 18.2 Å². The van der Waals surface area contributed by atoms with Crippen LogP contribution in [0.3, 0.4) is 0 Å². The fourth-order valence-electron chi connectivity index (χ4n) is 2.70. The molecule has 1 N–H and O–H groups in total. The molecule has 3 rings (SSSR count). The lowest BCUT2D eigenvalue weighted by Crippen LogP contribution is -2.19. The van der Waals surface area contributed by atoms with Crippen LogP contribution >= 0.6 is 0 Å². The number of aromatic nitrogens is 2. The monoisotopic (exact) mass is 259 g/mol. The molecule has 4 heteroatoms. The van der Waals surface area contributed by atoms with Crippen LogP contribution in [0.2, 0.25) is 0 Å². The molecule has 1 aromatic carbocycles. The fraction of sp³-hybridized carbons (Fsp3) is 0.533. The summed E-state index contributed by atoms with van der Waals surface area (Å²) in [4.78, 5) is 4.84. The van der Waals surface area contributed by atoms with Crippen molar-refractivity contribution in [1.82, 2.24) is 14.9 Å². The summed E-state index contributed by atoms with van der Waals surface area (Å²) in [7, 11) is 3.70. The molecule has 1 aliphatic rings. The molecule has 0 saturated heterocycles. The minimum Gasteiger partial charge on any atom is -0.497 e. The van der Waals surface area contributed by atoms with E-state index in [-0.39, 0.29) is 0 Å². The zero-order valence-electron chi connectivity index (χ0n) is 11.8. The summed E-state index contributed by atoms with van der Waals surface area (Å²) in [5, 5.41) is 3.37. The maximum absolute atomic E-state index is 5.30. The summed E-state index contributed by atoms with van der Waals surface area (Å²) in [5.41, 5.74) is 2.27.